The summed E-state index contributed by atoms with van der Waals surface area (Å²) in [4.78, 5) is 2.26. The molecule has 84 valence electrons. The summed E-state index contributed by atoms with van der Waals surface area (Å²) in [5.41, 5.74) is 1.13. The highest BCUT2D eigenvalue weighted by atomic mass is 35.5. The zero-order valence-electron chi connectivity index (χ0n) is 8.96. The van der Waals surface area contributed by atoms with Crippen molar-refractivity contribution < 1.29 is 0 Å². The zero-order valence-corrected chi connectivity index (χ0v) is 11.3. The lowest BCUT2D eigenvalue weighted by Gasteiger charge is -2.16. The first-order chi connectivity index (χ1) is 7.13. The van der Waals surface area contributed by atoms with Crippen molar-refractivity contribution in [3.05, 3.63) is 33.8 Å². The molecular formula is C11H15Cl2NS. The quantitative estimate of drug-likeness (QED) is 0.796. The van der Waals surface area contributed by atoms with Crippen LogP contribution in [0.3, 0.4) is 0 Å². The van der Waals surface area contributed by atoms with E-state index in [0.29, 0.717) is 5.02 Å². The topological polar surface area (TPSA) is 3.24 Å². The predicted molar refractivity (Wildman–Crippen MR) is 71.2 cm³/mol. The average molecular weight is 264 g/mol. The Labute approximate surface area is 106 Å². The molecule has 15 heavy (non-hydrogen) atoms. The Morgan fingerprint density at radius 3 is 2.67 bits per heavy atom. The Morgan fingerprint density at radius 1 is 1.33 bits per heavy atom. The fraction of sp³-hybridized carbons (Fsp3) is 0.455. The van der Waals surface area contributed by atoms with Gasteiger partial charge in [0.2, 0.25) is 0 Å². The van der Waals surface area contributed by atoms with Gasteiger partial charge in [0.05, 0.1) is 0 Å². The van der Waals surface area contributed by atoms with Gasteiger partial charge in [0.1, 0.15) is 0 Å². The maximum absolute atomic E-state index is 6.09. The van der Waals surface area contributed by atoms with Gasteiger partial charge in [0, 0.05) is 28.9 Å². The third kappa shape index (κ3) is 4.64. The van der Waals surface area contributed by atoms with Gasteiger partial charge in [-0.1, -0.05) is 29.3 Å². The lowest BCUT2D eigenvalue weighted by Crippen LogP contribution is -2.20. The van der Waals surface area contributed by atoms with Crippen molar-refractivity contribution in [1.29, 1.82) is 0 Å². The van der Waals surface area contributed by atoms with Crippen molar-refractivity contribution in [2.75, 3.05) is 25.6 Å². The Morgan fingerprint density at radius 2 is 2.07 bits per heavy atom. The number of hydrogen-bond acceptors (Lipinski definition) is 2. The fourth-order valence-electron chi connectivity index (χ4n) is 1.27. The van der Waals surface area contributed by atoms with Crippen molar-refractivity contribution in [2.45, 2.75) is 6.54 Å². The van der Waals surface area contributed by atoms with E-state index in [2.05, 4.69) is 18.2 Å². The molecule has 0 saturated heterocycles. The van der Waals surface area contributed by atoms with Crippen LogP contribution in [0.2, 0.25) is 10.0 Å². The normalized spacial score (nSPS) is 11.0. The first-order valence-electron chi connectivity index (χ1n) is 4.75. The summed E-state index contributed by atoms with van der Waals surface area (Å²) in [5, 5.41) is 1.44. The first kappa shape index (κ1) is 13.2. The zero-order chi connectivity index (χ0) is 11.3. The van der Waals surface area contributed by atoms with Gasteiger partial charge in [0.25, 0.3) is 0 Å². The Hall–Kier alpha value is 0.110. The van der Waals surface area contributed by atoms with E-state index in [4.69, 9.17) is 23.2 Å². The minimum absolute atomic E-state index is 0.690. The summed E-state index contributed by atoms with van der Waals surface area (Å²) in [6.45, 7) is 1.94. The maximum Gasteiger partial charge on any atom is 0.0465 e. The molecular weight excluding hydrogens is 249 g/mol. The number of nitrogens with zero attached hydrogens (tertiary/aromatic N) is 1. The lowest BCUT2D eigenvalue weighted by atomic mass is 10.2. The molecule has 0 aromatic heterocycles. The second-order valence-electron chi connectivity index (χ2n) is 3.47. The Balaban J connectivity index is 2.56. The third-order valence-corrected chi connectivity index (χ3v) is 3.31. The highest BCUT2D eigenvalue weighted by Gasteiger charge is 2.04. The van der Waals surface area contributed by atoms with E-state index in [-0.39, 0.29) is 0 Å². The molecule has 0 aliphatic heterocycles. The van der Waals surface area contributed by atoms with Gasteiger partial charge in [-0.25, -0.2) is 0 Å². The van der Waals surface area contributed by atoms with Crippen LogP contribution in [-0.4, -0.2) is 30.5 Å². The molecule has 1 aromatic rings. The van der Waals surface area contributed by atoms with Gasteiger partial charge < -0.3 is 4.90 Å². The second-order valence-corrected chi connectivity index (χ2v) is 5.30. The van der Waals surface area contributed by atoms with E-state index in [1.165, 1.54) is 0 Å². The molecule has 0 aliphatic carbocycles. The summed E-state index contributed by atoms with van der Waals surface area (Å²) in [6.07, 6.45) is 2.11. The predicted octanol–water partition coefficient (Wildman–Crippen LogP) is 3.79. The van der Waals surface area contributed by atoms with Crippen molar-refractivity contribution in [1.82, 2.24) is 4.90 Å². The highest BCUT2D eigenvalue weighted by Crippen LogP contribution is 2.21. The van der Waals surface area contributed by atoms with Crippen LogP contribution in [0.4, 0.5) is 0 Å². The highest BCUT2D eigenvalue weighted by molar-refractivity contribution is 7.98. The van der Waals surface area contributed by atoms with Gasteiger partial charge in [-0.05, 0) is 31.0 Å². The molecule has 0 spiro atoms. The number of thioether (sulfide) groups is 1. The van der Waals surface area contributed by atoms with E-state index in [0.717, 1.165) is 29.4 Å². The van der Waals surface area contributed by atoms with Gasteiger partial charge in [-0.15, -0.1) is 0 Å². The van der Waals surface area contributed by atoms with Crippen molar-refractivity contribution in [2.24, 2.45) is 0 Å². The van der Waals surface area contributed by atoms with E-state index >= 15 is 0 Å². The number of halogens is 2. The van der Waals surface area contributed by atoms with Crippen LogP contribution >= 0.6 is 35.0 Å². The Kier molecular flexibility index (Phi) is 5.83. The number of hydrogen-bond donors (Lipinski definition) is 0. The van der Waals surface area contributed by atoms with Crippen LogP contribution in [-0.2, 0) is 6.54 Å². The summed E-state index contributed by atoms with van der Waals surface area (Å²) in [6, 6.07) is 5.66. The number of rotatable bonds is 5. The van der Waals surface area contributed by atoms with Gasteiger partial charge in [0.15, 0.2) is 0 Å². The standard InChI is InChI=1S/C11H15Cl2NS/c1-14(5-6-15-2)8-9-3-4-10(12)7-11(9)13/h3-4,7H,5-6,8H2,1-2H3. The van der Waals surface area contributed by atoms with Crippen LogP contribution < -0.4 is 0 Å². The van der Waals surface area contributed by atoms with Crippen LogP contribution in [0.1, 0.15) is 5.56 Å². The molecule has 1 aromatic carbocycles. The first-order valence-corrected chi connectivity index (χ1v) is 6.90. The molecule has 0 atom stereocenters. The summed E-state index contributed by atoms with van der Waals surface area (Å²) in [7, 11) is 2.10. The molecule has 0 saturated carbocycles. The van der Waals surface area contributed by atoms with Gasteiger partial charge in [-0.2, -0.15) is 11.8 Å². The fourth-order valence-corrected chi connectivity index (χ4v) is 2.23. The molecule has 0 bridgehead atoms. The van der Waals surface area contributed by atoms with Crippen LogP contribution in [0.25, 0.3) is 0 Å². The van der Waals surface area contributed by atoms with E-state index in [1.807, 2.05) is 23.9 Å². The molecule has 1 rings (SSSR count). The van der Waals surface area contributed by atoms with E-state index < -0.39 is 0 Å². The van der Waals surface area contributed by atoms with E-state index in [9.17, 15) is 0 Å². The summed E-state index contributed by atoms with van der Waals surface area (Å²) in [5.74, 6) is 1.14. The average Bonchev–Trinajstić information content (AvgIpc) is 2.19. The molecule has 4 heteroatoms. The van der Waals surface area contributed by atoms with Crippen LogP contribution in [0, 0.1) is 0 Å². The molecule has 0 aliphatic rings. The molecule has 0 heterocycles. The molecule has 0 amide bonds. The molecule has 0 unspecified atom stereocenters. The SMILES string of the molecule is CSCCN(C)Cc1ccc(Cl)cc1Cl. The molecule has 0 fully saturated rings. The summed E-state index contributed by atoms with van der Waals surface area (Å²) < 4.78 is 0. The van der Waals surface area contributed by atoms with E-state index in [1.54, 1.807) is 6.07 Å². The monoisotopic (exact) mass is 263 g/mol. The third-order valence-electron chi connectivity index (χ3n) is 2.13. The van der Waals surface area contributed by atoms with Gasteiger partial charge in [-0.3, -0.25) is 0 Å². The van der Waals surface area contributed by atoms with Gasteiger partial charge >= 0.3 is 0 Å². The largest absolute Gasteiger partial charge is 0.301 e. The molecule has 0 N–H and O–H groups in total. The van der Waals surface area contributed by atoms with Crippen molar-refractivity contribution in [3.8, 4) is 0 Å². The van der Waals surface area contributed by atoms with Crippen LogP contribution in [0.5, 0.6) is 0 Å². The van der Waals surface area contributed by atoms with Crippen molar-refractivity contribution >= 4 is 35.0 Å². The molecule has 1 nitrogen and oxygen atoms in total. The molecule has 0 radical (unpaired) electrons. The lowest BCUT2D eigenvalue weighted by molar-refractivity contribution is 0.349. The minimum Gasteiger partial charge on any atom is -0.301 e. The minimum atomic E-state index is 0.690. The Bertz CT molecular complexity index is 317. The summed E-state index contributed by atoms with van der Waals surface area (Å²) >= 11 is 13.8. The second kappa shape index (κ2) is 6.64. The number of benzene rings is 1. The maximum atomic E-state index is 6.09. The van der Waals surface area contributed by atoms with Crippen molar-refractivity contribution in [3.63, 3.8) is 0 Å². The smallest absolute Gasteiger partial charge is 0.0465 e. The van der Waals surface area contributed by atoms with Crippen LogP contribution in [0.15, 0.2) is 18.2 Å².